The van der Waals surface area contributed by atoms with Gasteiger partial charge in [-0.1, -0.05) is 12.8 Å². The highest BCUT2D eigenvalue weighted by atomic mass is 16.4. The third-order valence-corrected chi connectivity index (χ3v) is 1.46. The Morgan fingerprint density at radius 2 is 1.30 bits per heavy atom. The van der Waals surface area contributed by atoms with Gasteiger partial charge >= 0.3 is 0 Å². The normalized spacial score (nSPS) is 18.6. The molecule has 0 aromatic carbocycles. The summed E-state index contributed by atoms with van der Waals surface area (Å²) in [6.07, 6.45) is 5.65. The van der Waals surface area contributed by atoms with Crippen LogP contribution in [0.2, 0.25) is 0 Å². The van der Waals surface area contributed by atoms with E-state index in [9.17, 15) is 0 Å². The van der Waals surface area contributed by atoms with Crippen molar-refractivity contribution in [3.63, 3.8) is 0 Å². The summed E-state index contributed by atoms with van der Waals surface area (Å²) in [5.41, 5.74) is 0. The Kier molecular flexibility index (Phi) is 8.85. The van der Waals surface area contributed by atoms with Gasteiger partial charge in [0.1, 0.15) is 0 Å². The minimum atomic E-state index is 1.25. The molecule has 0 aliphatic carbocycles. The maximum atomic E-state index is 4.25. The highest BCUT2D eigenvalue weighted by molar-refractivity contribution is 4.54. The molecule has 0 radical (unpaired) electrons. The van der Waals surface area contributed by atoms with Crippen LogP contribution < -0.4 is 5.32 Å². The van der Waals surface area contributed by atoms with Gasteiger partial charge in [0, 0.05) is 14.2 Å². The van der Waals surface area contributed by atoms with Crippen LogP contribution in [0.5, 0.6) is 0 Å². The third kappa shape index (κ3) is 7.92. The van der Waals surface area contributed by atoms with Gasteiger partial charge in [-0.05, 0) is 25.9 Å². The zero-order valence-corrected chi connectivity index (χ0v) is 7.15. The van der Waals surface area contributed by atoms with E-state index in [4.69, 9.17) is 0 Å². The molecule has 1 rings (SSSR count). The van der Waals surface area contributed by atoms with E-state index >= 15 is 0 Å². The first-order valence-electron chi connectivity index (χ1n) is 4.02. The zero-order valence-electron chi connectivity index (χ0n) is 7.15. The first-order chi connectivity index (χ1) is 4.91. The number of hydrogen-bond donors (Lipinski definition) is 1. The van der Waals surface area contributed by atoms with Crippen molar-refractivity contribution in [2.24, 2.45) is 0 Å². The number of ether oxygens (including phenoxy) is 1. The standard InChI is InChI=1S/C6H13N.C2H6O/c1-2-4-6-7-5-3-1;1-3-2/h7H,1-6H2;1-2H3. The molecule has 0 saturated carbocycles. The molecule has 0 spiro atoms. The molecule has 1 aliphatic heterocycles. The molecule has 10 heavy (non-hydrogen) atoms. The predicted octanol–water partition coefficient (Wildman–Crippen LogP) is 1.41. The largest absolute Gasteiger partial charge is 0.388 e. The Hall–Kier alpha value is -0.0800. The summed E-state index contributed by atoms with van der Waals surface area (Å²) in [7, 11) is 3.25. The lowest BCUT2D eigenvalue weighted by molar-refractivity contribution is 0.277. The molecule has 0 atom stereocenters. The average molecular weight is 145 g/mol. The van der Waals surface area contributed by atoms with E-state index in [1.165, 1.54) is 38.8 Å². The molecule has 0 aromatic rings. The van der Waals surface area contributed by atoms with Crippen molar-refractivity contribution >= 4 is 0 Å². The van der Waals surface area contributed by atoms with Gasteiger partial charge in [0.05, 0.1) is 0 Å². The SMILES string of the molecule is C1CCCNCC1.COC. The zero-order chi connectivity index (χ0) is 7.66. The fourth-order valence-corrected chi connectivity index (χ4v) is 0.979. The fourth-order valence-electron chi connectivity index (χ4n) is 0.979. The summed E-state index contributed by atoms with van der Waals surface area (Å²) in [5, 5.41) is 3.35. The molecule has 0 unspecified atom stereocenters. The summed E-state index contributed by atoms with van der Waals surface area (Å²) < 4.78 is 4.25. The Morgan fingerprint density at radius 1 is 0.900 bits per heavy atom. The van der Waals surface area contributed by atoms with Gasteiger partial charge in [0.15, 0.2) is 0 Å². The molecule has 0 amide bonds. The molecule has 2 nitrogen and oxygen atoms in total. The fraction of sp³-hybridized carbons (Fsp3) is 1.00. The Balaban J connectivity index is 0.000000236. The van der Waals surface area contributed by atoms with Gasteiger partial charge in [-0.15, -0.1) is 0 Å². The van der Waals surface area contributed by atoms with Gasteiger partial charge < -0.3 is 10.1 Å². The highest BCUT2D eigenvalue weighted by Gasteiger charge is 1.94. The van der Waals surface area contributed by atoms with Gasteiger partial charge in [-0.3, -0.25) is 0 Å². The van der Waals surface area contributed by atoms with E-state index < -0.39 is 0 Å². The maximum absolute atomic E-state index is 4.25. The molecule has 2 heteroatoms. The van der Waals surface area contributed by atoms with Crippen LogP contribution in [0.4, 0.5) is 0 Å². The van der Waals surface area contributed by atoms with Crippen molar-refractivity contribution in [1.82, 2.24) is 5.32 Å². The van der Waals surface area contributed by atoms with Gasteiger partial charge in [-0.2, -0.15) is 0 Å². The minimum Gasteiger partial charge on any atom is -0.388 e. The predicted molar refractivity (Wildman–Crippen MR) is 44.3 cm³/mol. The van der Waals surface area contributed by atoms with Crippen molar-refractivity contribution in [3.8, 4) is 0 Å². The third-order valence-electron chi connectivity index (χ3n) is 1.46. The van der Waals surface area contributed by atoms with Crippen LogP contribution in [0.15, 0.2) is 0 Å². The average Bonchev–Trinajstić information content (AvgIpc) is 2.17. The summed E-state index contributed by atoms with van der Waals surface area (Å²) in [4.78, 5) is 0. The van der Waals surface area contributed by atoms with E-state index in [1.54, 1.807) is 14.2 Å². The van der Waals surface area contributed by atoms with E-state index in [0.29, 0.717) is 0 Å². The van der Waals surface area contributed by atoms with Gasteiger partial charge in [0.2, 0.25) is 0 Å². The summed E-state index contributed by atoms with van der Waals surface area (Å²) >= 11 is 0. The first-order valence-corrected chi connectivity index (χ1v) is 4.02. The molecular formula is C8H19NO. The minimum absolute atomic E-state index is 1.25. The van der Waals surface area contributed by atoms with Crippen LogP contribution >= 0.6 is 0 Å². The smallest absolute Gasteiger partial charge is 0.0351 e. The summed E-state index contributed by atoms with van der Waals surface area (Å²) in [6.45, 7) is 2.50. The molecule has 62 valence electrons. The van der Waals surface area contributed by atoms with Gasteiger partial charge in [-0.25, -0.2) is 0 Å². The first kappa shape index (κ1) is 9.92. The van der Waals surface area contributed by atoms with Crippen molar-refractivity contribution in [2.75, 3.05) is 27.3 Å². The van der Waals surface area contributed by atoms with E-state index in [1.807, 2.05) is 0 Å². The molecular weight excluding hydrogens is 126 g/mol. The Labute approximate surface area is 64.0 Å². The van der Waals surface area contributed by atoms with Crippen LogP contribution in [0.25, 0.3) is 0 Å². The molecule has 1 saturated heterocycles. The van der Waals surface area contributed by atoms with E-state index in [-0.39, 0.29) is 0 Å². The second-order valence-corrected chi connectivity index (χ2v) is 2.57. The number of hydrogen-bond acceptors (Lipinski definition) is 2. The Morgan fingerprint density at radius 3 is 1.70 bits per heavy atom. The summed E-state index contributed by atoms with van der Waals surface area (Å²) in [5.74, 6) is 0. The molecule has 1 heterocycles. The van der Waals surface area contributed by atoms with Crippen molar-refractivity contribution < 1.29 is 4.74 Å². The topological polar surface area (TPSA) is 21.3 Å². The summed E-state index contributed by atoms with van der Waals surface area (Å²) in [6, 6.07) is 0. The Bertz CT molecular complexity index is 37.6. The molecule has 1 fully saturated rings. The highest BCUT2D eigenvalue weighted by Crippen LogP contribution is 2.00. The van der Waals surface area contributed by atoms with Crippen LogP contribution in [0.1, 0.15) is 25.7 Å². The molecule has 1 aliphatic rings. The van der Waals surface area contributed by atoms with E-state index in [2.05, 4.69) is 10.1 Å². The second kappa shape index (κ2) is 8.92. The molecule has 1 N–H and O–H groups in total. The number of rotatable bonds is 0. The lowest BCUT2D eigenvalue weighted by atomic mass is 10.2. The quantitative estimate of drug-likeness (QED) is 0.556. The van der Waals surface area contributed by atoms with Crippen LogP contribution in [-0.4, -0.2) is 27.3 Å². The van der Waals surface area contributed by atoms with Gasteiger partial charge in [0.25, 0.3) is 0 Å². The number of nitrogens with one attached hydrogen (secondary N) is 1. The van der Waals surface area contributed by atoms with Crippen molar-refractivity contribution in [2.45, 2.75) is 25.7 Å². The maximum Gasteiger partial charge on any atom is 0.0351 e. The second-order valence-electron chi connectivity index (χ2n) is 2.57. The monoisotopic (exact) mass is 145 g/mol. The van der Waals surface area contributed by atoms with Crippen LogP contribution in [0.3, 0.4) is 0 Å². The molecule has 0 bridgehead atoms. The number of methoxy groups -OCH3 is 1. The van der Waals surface area contributed by atoms with Crippen LogP contribution in [-0.2, 0) is 4.74 Å². The van der Waals surface area contributed by atoms with Crippen molar-refractivity contribution in [1.29, 1.82) is 0 Å². The van der Waals surface area contributed by atoms with Crippen molar-refractivity contribution in [3.05, 3.63) is 0 Å². The van der Waals surface area contributed by atoms with Crippen LogP contribution in [0, 0.1) is 0 Å². The lowest BCUT2D eigenvalue weighted by Crippen LogP contribution is -2.12. The lowest BCUT2D eigenvalue weighted by Gasteiger charge is -1.91. The van der Waals surface area contributed by atoms with E-state index in [0.717, 1.165) is 0 Å². The molecule has 0 aromatic heterocycles.